The van der Waals surface area contributed by atoms with E-state index in [9.17, 15) is 10.1 Å². The van der Waals surface area contributed by atoms with Gasteiger partial charge in [0.05, 0.1) is 23.2 Å². The maximum atomic E-state index is 12.8. The van der Waals surface area contributed by atoms with Gasteiger partial charge >= 0.3 is 0 Å². The van der Waals surface area contributed by atoms with Gasteiger partial charge in [0, 0.05) is 11.6 Å². The Labute approximate surface area is 152 Å². The van der Waals surface area contributed by atoms with Crippen LogP contribution in [0.25, 0.3) is 0 Å². The lowest BCUT2D eigenvalue weighted by Gasteiger charge is -2.23. The van der Waals surface area contributed by atoms with Gasteiger partial charge in [-0.2, -0.15) is 10.1 Å². The van der Waals surface area contributed by atoms with Crippen LogP contribution in [-0.2, 0) is 16.8 Å². The van der Waals surface area contributed by atoms with E-state index < -0.39 is 0 Å². The van der Waals surface area contributed by atoms with E-state index in [1.807, 2.05) is 27.7 Å². The molecule has 0 saturated heterocycles. The van der Waals surface area contributed by atoms with Gasteiger partial charge in [-0.05, 0) is 50.6 Å². The topological polar surface area (TPSA) is 87.7 Å². The summed E-state index contributed by atoms with van der Waals surface area (Å²) in [7, 11) is 0. The van der Waals surface area contributed by atoms with Crippen molar-refractivity contribution in [2.24, 2.45) is 0 Å². The van der Waals surface area contributed by atoms with Crippen molar-refractivity contribution >= 4 is 23.2 Å². The molecule has 25 heavy (non-hydrogen) atoms. The number of rotatable bonds is 5. The van der Waals surface area contributed by atoms with Crippen molar-refractivity contribution in [2.75, 3.05) is 11.4 Å². The van der Waals surface area contributed by atoms with Gasteiger partial charge < -0.3 is 4.90 Å². The van der Waals surface area contributed by atoms with Gasteiger partial charge in [-0.3, -0.25) is 4.79 Å². The Hall–Kier alpha value is -2.46. The van der Waals surface area contributed by atoms with Crippen LogP contribution >= 0.6 is 11.6 Å². The Morgan fingerprint density at radius 3 is 2.68 bits per heavy atom. The Morgan fingerprint density at radius 1 is 1.40 bits per heavy atom. The average molecular weight is 361 g/mol. The Morgan fingerprint density at radius 2 is 2.12 bits per heavy atom. The van der Waals surface area contributed by atoms with Gasteiger partial charge in [0.1, 0.15) is 6.07 Å². The minimum Gasteiger partial charge on any atom is -0.311 e. The highest BCUT2D eigenvalue weighted by atomic mass is 35.5. The van der Waals surface area contributed by atoms with Gasteiger partial charge in [-0.15, -0.1) is 10.2 Å². The standard InChI is InChI=1S/C17H21ClN6O/c1-5-8-23(14-9-13(18)7-6-12(14)11-19)16(25)10-15-20-22-24(21-15)17(2,3)4/h6-7,9H,5,8,10H2,1-4H3. The highest BCUT2D eigenvalue weighted by molar-refractivity contribution is 6.31. The summed E-state index contributed by atoms with van der Waals surface area (Å²) < 4.78 is 0. The number of halogens is 1. The maximum Gasteiger partial charge on any atom is 0.234 e. The van der Waals surface area contributed by atoms with E-state index >= 15 is 0 Å². The molecule has 0 aliphatic rings. The molecular weight excluding hydrogens is 340 g/mol. The predicted octanol–water partition coefficient (Wildman–Crippen LogP) is 2.94. The molecule has 1 heterocycles. The molecule has 0 saturated carbocycles. The molecule has 0 bridgehead atoms. The number of amides is 1. The van der Waals surface area contributed by atoms with E-state index in [-0.39, 0.29) is 17.9 Å². The lowest BCUT2D eigenvalue weighted by Crippen LogP contribution is -2.34. The van der Waals surface area contributed by atoms with Gasteiger partial charge in [-0.1, -0.05) is 18.5 Å². The highest BCUT2D eigenvalue weighted by Crippen LogP contribution is 2.25. The number of tetrazole rings is 1. The van der Waals surface area contributed by atoms with Gasteiger partial charge in [0.2, 0.25) is 5.91 Å². The zero-order valence-corrected chi connectivity index (χ0v) is 15.6. The smallest absolute Gasteiger partial charge is 0.234 e. The number of nitriles is 1. The van der Waals surface area contributed by atoms with Gasteiger partial charge in [0.25, 0.3) is 0 Å². The molecular formula is C17H21ClN6O. The summed E-state index contributed by atoms with van der Waals surface area (Å²) in [6, 6.07) is 6.98. The minimum atomic E-state index is -0.307. The van der Waals surface area contributed by atoms with Crippen LogP contribution in [0.5, 0.6) is 0 Å². The Kier molecular flexibility index (Phi) is 5.75. The summed E-state index contributed by atoms with van der Waals surface area (Å²) >= 11 is 6.05. The van der Waals surface area contributed by atoms with Crippen LogP contribution in [-0.4, -0.2) is 32.7 Å². The fourth-order valence-corrected chi connectivity index (χ4v) is 2.42. The highest BCUT2D eigenvalue weighted by Gasteiger charge is 2.22. The minimum absolute atomic E-state index is 0.00740. The third-order valence-electron chi connectivity index (χ3n) is 3.48. The number of anilines is 1. The second-order valence-electron chi connectivity index (χ2n) is 6.66. The van der Waals surface area contributed by atoms with Crippen LogP contribution < -0.4 is 4.90 Å². The third kappa shape index (κ3) is 4.54. The molecule has 1 aromatic carbocycles. The largest absolute Gasteiger partial charge is 0.311 e. The second-order valence-corrected chi connectivity index (χ2v) is 7.10. The first kappa shape index (κ1) is 18.9. The molecule has 2 rings (SSSR count). The molecule has 2 aromatic rings. The molecule has 0 fully saturated rings. The van der Waals surface area contributed by atoms with E-state index in [1.165, 1.54) is 4.80 Å². The molecule has 0 aliphatic carbocycles. The molecule has 0 N–H and O–H groups in total. The van der Waals surface area contributed by atoms with Crippen LogP contribution in [0.1, 0.15) is 45.5 Å². The molecule has 0 spiro atoms. The number of nitrogens with zero attached hydrogens (tertiary/aromatic N) is 6. The van der Waals surface area contributed by atoms with Gasteiger partial charge in [0.15, 0.2) is 5.82 Å². The fourth-order valence-electron chi connectivity index (χ4n) is 2.25. The zero-order valence-electron chi connectivity index (χ0n) is 14.8. The quantitative estimate of drug-likeness (QED) is 0.817. The second kappa shape index (κ2) is 7.62. The van der Waals surface area contributed by atoms with Crippen LogP contribution in [0.4, 0.5) is 5.69 Å². The number of carbonyl (C=O) groups is 1. The predicted molar refractivity (Wildman–Crippen MR) is 95.3 cm³/mol. The van der Waals surface area contributed by atoms with Crippen molar-refractivity contribution in [1.29, 1.82) is 5.26 Å². The van der Waals surface area contributed by atoms with Crippen LogP contribution in [0.2, 0.25) is 5.02 Å². The van der Waals surface area contributed by atoms with Gasteiger partial charge in [-0.25, -0.2) is 0 Å². The number of hydrogen-bond acceptors (Lipinski definition) is 5. The van der Waals surface area contributed by atoms with Crippen LogP contribution in [0.15, 0.2) is 18.2 Å². The molecule has 0 radical (unpaired) electrons. The van der Waals surface area contributed by atoms with Crippen molar-refractivity contribution in [3.05, 3.63) is 34.6 Å². The lowest BCUT2D eigenvalue weighted by atomic mass is 10.1. The van der Waals surface area contributed by atoms with E-state index in [1.54, 1.807) is 23.1 Å². The van der Waals surface area contributed by atoms with E-state index in [0.29, 0.717) is 28.6 Å². The molecule has 0 atom stereocenters. The molecule has 132 valence electrons. The van der Waals surface area contributed by atoms with Crippen molar-refractivity contribution in [1.82, 2.24) is 20.2 Å². The zero-order chi connectivity index (χ0) is 18.6. The SMILES string of the molecule is CCCN(C(=O)Cc1nnn(C(C)(C)C)n1)c1cc(Cl)ccc1C#N. The number of benzene rings is 1. The molecule has 8 heteroatoms. The Balaban J connectivity index is 2.29. The summed E-state index contributed by atoms with van der Waals surface area (Å²) in [5.74, 6) is 0.149. The number of aromatic nitrogens is 4. The first-order chi connectivity index (χ1) is 11.8. The summed E-state index contributed by atoms with van der Waals surface area (Å²) in [6.45, 7) is 8.30. The van der Waals surface area contributed by atoms with Crippen molar-refractivity contribution in [3.8, 4) is 6.07 Å². The van der Waals surface area contributed by atoms with Crippen molar-refractivity contribution in [2.45, 2.75) is 46.1 Å². The molecule has 1 aromatic heterocycles. The summed E-state index contributed by atoms with van der Waals surface area (Å²) in [5, 5.41) is 22.0. The van der Waals surface area contributed by atoms with E-state index in [2.05, 4.69) is 21.5 Å². The third-order valence-corrected chi connectivity index (χ3v) is 3.72. The van der Waals surface area contributed by atoms with Crippen LogP contribution in [0, 0.1) is 11.3 Å². The van der Waals surface area contributed by atoms with Crippen molar-refractivity contribution < 1.29 is 4.79 Å². The monoisotopic (exact) mass is 360 g/mol. The lowest BCUT2D eigenvalue weighted by molar-refractivity contribution is -0.118. The fraction of sp³-hybridized carbons (Fsp3) is 0.471. The summed E-state index contributed by atoms with van der Waals surface area (Å²) in [5.41, 5.74) is 0.598. The average Bonchev–Trinajstić information content (AvgIpc) is 3.01. The molecule has 1 amide bonds. The first-order valence-corrected chi connectivity index (χ1v) is 8.43. The summed E-state index contributed by atoms with van der Waals surface area (Å²) in [6.07, 6.45) is 0.749. The number of carbonyl (C=O) groups excluding carboxylic acids is 1. The summed E-state index contributed by atoms with van der Waals surface area (Å²) in [4.78, 5) is 15.8. The molecule has 7 nitrogen and oxygen atoms in total. The van der Waals surface area contributed by atoms with Crippen molar-refractivity contribution in [3.63, 3.8) is 0 Å². The molecule has 0 aliphatic heterocycles. The van der Waals surface area contributed by atoms with E-state index in [4.69, 9.17) is 11.6 Å². The van der Waals surface area contributed by atoms with E-state index in [0.717, 1.165) is 6.42 Å². The Bertz CT molecular complexity index is 802. The molecule has 0 unspecified atom stereocenters. The number of hydrogen-bond donors (Lipinski definition) is 0. The normalized spacial score (nSPS) is 11.2. The first-order valence-electron chi connectivity index (χ1n) is 8.05. The maximum absolute atomic E-state index is 12.8. The van der Waals surface area contributed by atoms with Crippen LogP contribution in [0.3, 0.4) is 0 Å².